The van der Waals surface area contributed by atoms with Crippen LogP contribution in [-0.2, 0) is 0 Å². The van der Waals surface area contributed by atoms with Crippen molar-refractivity contribution in [3.05, 3.63) is 23.7 Å². The minimum atomic E-state index is -1.06. The van der Waals surface area contributed by atoms with Gasteiger partial charge in [-0.3, -0.25) is 0 Å². The first-order chi connectivity index (χ1) is 8.74. The SMILES string of the molecule is CCCCCCCCC#Cc1ccc(C(=O)O)o1. The van der Waals surface area contributed by atoms with Crippen LogP contribution in [0.3, 0.4) is 0 Å². The van der Waals surface area contributed by atoms with Gasteiger partial charge in [-0.1, -0.05) is 44.9 Å². The smallest absolute Gasteiger partial charge is 0.371 e. The molecular weight excluding hydrogens is 228 g/mol. The average Bonchev–Trinajstić information content (AvgIpc) is 2.81. The largest absolute Gasteiger partial charge is 0.475 e. The van der Waals surface area contributed by atoms with Gasteiger partial charge in [-0.2, -0.15) is 0 Å². The maximum atomic E-state index is 10.6. The molecule has 18 heavy (non-hydrogen) atoms. The Hall–Kier alpha value is -1.69. The van der Waals surface area contributed by atoms with Crippen LogP contribution in [0.15, 0.2) is 16.5 Å². The van der Waals surface area contributed by atoms with E-state index in [1.807, 2.05) is 0 Å². The third-order valence-corrected chi connectivity index (χ3v) is 2.68. The molecule has 3 nitrogen and oxygen atoms in total. The first-order valence-corrected chi connectivity index (χ1v) is 6.56. The van der Waals surface area contributed by atoms with Crippen LogP contribution in [0.25, 0.3) is 0 Å². The van der Waals surface area contributed by atoms with Crippen molar-refractivity contribution in [3.8, 4) is 11.8 Å². The highest BCUT2D eigenvalue weighted by atomic mass is 16.4. The Morgan fingerprint density at radius 2 is 1.94 bits per heavy atom. The molecule has 98 valence electrons. The van der Waals surface area contributed by atoms with Crippen LogP contribution in [0.1, 0.15) is 68.2 Å². The molecule has 1 rings (SSSR count). The summed E-state index contributed by atoms with van der Waals surface area (Å²) in [6.45, 7) is 2.21. The highest BCUT2D eigenvalue weighted by Gasteiger charge is 2.06. The van der Waals surface area contributed by atoms with Gasteiger partial charge in [-0.05, 0) is 24.5 Å². The average molecular weight is 248 g/mol. The number of hydrogen-bond donors (Lipinski definition) is 1. The van der Waals surface area contributed by atoms with Crippen molar-refractivity contribution in [2.24, 2.45) is 0 Å². The number of carboxylic acid groups (broad SMARTS) is 1. The molecule has 0 amide bonds. The number of aromatic carboxylic acids is 1. The first kappa shape index (κ1) is 14.4. The molecule has 1 heterocycles. The summed E-state index contributed by atoms with van der Waals surface area (Å²) < 4.78 is 5.03. The standard InChI is InChI=1S/C15H20O3/c1-2-3-4-5-6-7-8-9-10-13-11-12-14(18-13)15(16)17/h11-12H,2-8H2,1H3,(H,16,17). The molecule has 0 bridgehead atoms. The summed E-state index contributed by atoms with van der Waals surface area (Å²) in [5.74, 6) is 5.17. The van der Waals surface area contributed by atoms with Gasteiger partial charge in [0.15, 0.2) is 5.76 Å². The molecule has 0 aliphatic rings. The van der Waals surface area contributed by atoms with Crippen LogP contribution >= 0.6 is 0 Å². The molecule has 1 N–H and O–H groups in total. The Kier molecular flexibility index (Phi) is 6.71. The van der Waals surface area contributed by atoms with Crippen molar-refractivity contribution in [3.63, 3.8) is 0 Å². The third kappa shape index (κ3) is 5.58. The molecule has 3 heteroatoms. The fourth-order valence-corrected chi connectivity index (χ4v) is 1.66. The minimum absolute atomic E-state index is 0.0566. The van der Waals surface area contributed by atoms with Crippen molar-refractivity contribution >= 4 is 5.97 Å². The van der Waals surface area contributed by atoms with Gasteiger partial charge in [0.2, 0.25) is 5.76 Å². The lowest BCUT2D eigenvalue weighted by Gasteiger charge is -1.96. The number of unbranched alkanes of at least 4 members (excludes halogenated alkanes) is 6. The molecule has 0 radical (unpaired) electrons. The van der Waals surface area contributed by atoms with Crippen LogP contribution in [0.4, 0.5) is 0 Å². The Labute approximate surface area is 108 Å². The van der Waals surface area contributed by atoms with E-state index < -0.39 is 5.97 Å². The number of carboxylic acids is 1. The highest BCUT2D eigenvalue weighted by Crippen LogP contribution is 2.08. The van der Waals surface area contributed by atoms with E-state index in [0.29, 0.717) is 5.76 Å². The molecule has 0 aliphatic carbocycles. The number of rotatable bonds is 7. The summed E-state index contributed by atoms with van der Waals surface area (Å²) >= 11 is 0. The third-order valence-electron chi connectivity index (χ3n) is 2.68. The Morgan fingerprint density at radius 1 is 1.22 bits per heavy atom. The van der Waals surface area contributed by atoms with Crippen molar-refractivity contribution in [1.29, 1.82) is 0 Å². The molecule has 0 fully saturated rings. The summed E-state index contributed by atoms with van der Waals surface area (Å²) in [5.41, 5.74) is 0. The fourth-order valence-electron chi connectivity index (χ4n) is 1.66. The van der Waals surface area contributed by atoms with Gasteiger partial charge in [0.1, 0.15) is 0 Å². The molecule has 0 spiro atoms. The number of furan rings is 1. The highest BCUT2D eigenvalue weighted by molar-refractivity contribution is 5.84. The van der Waals surface area contributed by atoms with Crippen LogP contribution in [0.2, 0.25) is 0 Å². The molecule has 0 aromatic carbocycles. The van der Waals surface area contributed by atoms with E-state index in [0.717, 1.165) is 12.8 Å². The molecule has 0 unspecified atom stereocenters. The van der Waals surface area contributed by atoms with Crippen LogP contribution < -0.4 is 0 Å². The van der Waals surface area contributed by atoms with Crippen LogP contribution in [-0.4, -0.2) is 11.1 Å². The minimum Gasteiger partial charge on any atom is -0.475 e. The molecular formula is C15H20O3. The van der Waals surface area contributed by atoms with Gasteiger partial charge >= 0.3 is 5.97 Å². The van der Waals surface area contributed by atoms with Crippen molar-refractivity contribution in [2.45, 2.75) is 51.9 Å². The molecule has 0 aliphatic heterocycles. The van der Waals surface area contributed by atoms with E-state index in [-0.39, 0.29) is 5.76 Å². The molecule has 1 aromatic heterocycles. The van der Waals surface area contributed by atoms with Crippen LogP contribution in [0.5, 0.6) is 0 Å². The normalized spacial score (nSPS) is 9.83. The van der Waals surface area contributed by atoms with Gasteiger partial charge in [-0.15, -0.1) is 0 Å². The predicted molar refractivity (Wildman–Crippen MR) is 70.5 cm³/mol. The van der Waals surface area contributed by atoms with E-state index in [4.69, 9.17) is 9.52 Å². The predicted octanol–water partition coefficient (Wildman–Crippen LogP) is 4.08. The summed E-state index contributed by atoms with van der Waals surface area (Å²) in [6.07, 6.45) is 8.33. The van der Waals surface area contributed by atoms with Crippen LogP contribution in [0, 0.1) is 11.8 Å². The van der Waals surface area contributed by atoms with Gasteiger partial charge in [0, 0.05) is 6.42 Å². The molecule has 0 saturated heterocycles. The fraction of sp³-hybridized carbons (Fsp3) is 0.533. The maximum Gasteiger partial charge on any atom is 0.371 e. The second-order valence-corrected chi connectivity index (χ2v) is 4.29. The maximum absolute atomic E-state index is 10.6. The second-order valence-electron chi connectivity index (χ2n) is 4.29. The zero-order chi connectivity index (χ0) is 13.2. The summed E-state index contributed by atoms with van der Waals surface area (Å²) in [4.78, 5) is 10.6. The lowest BCUT2D eigenvalue weighted by molar-refractivity contribution is 0.0662. The molecule has 0 saturated carbocycles. The first-order valence-electron chi connectivity index (χ1n) is 6.56. The van der Waals surface area contributed by atoms with Crippen molar-refractivity contribution < 1.29 is 14.3 Å². The lowest BCUT2D eigenvalue weighted by Crippen LogP contribution is -1.91. The van der Waals surface area contributed by atoms with E-state index in [1.165, 1.54) is 38.2 Å². The van der Waals surface area contributed by atoms with E-state index in [9.17, 15) is 4.79 Å². The topological polar surface area (TPSA) is 50.4 Å². The second kappa shape index (κ2) is 8.41. The van der Waals surface area contributed by atoms with Gasteiger partial charge in [0.25, 0.3) is 0 Å². The summed E-state index contributed by atoms with van der Waals surface area (Å²) in [7, 11) is 0. The monoisotopic (exact) mass is 248 g/mol. The van der Waals surface area contributed by atoms with E-state index in [1.54, 1.807) is 6.07 Å². The van der Waals surface area contributed by atoms with Gasteiger partial charge in [0.05, 0.1) is 0 Å². The van der Waals surface area contributed by atoms with Crippen molar-refractivity contribution in [2.75, 3.05) is 0 Å². The Balaban J connectivity index is 2.18. The van der Waals surface area contributed by atoms with Gasteiger partial charge < -0.3 is 9.52 Å². The Morgan fingerprint density at radius 3 is 2.61 bits per heavy atom. The quantitative estimate of drug-likeness (QED) is 0.584. The lowest BCUT2D eigenvalue weighted by atomic mass is 10.1. The zero-order valence-corrected chi connectivity index (χ0v) is 10.9. The van der Waals surface area contributed by atoms with Gasteiger partial charge in [-0.25, -0.2) is 4.79 Å². The zero-order valence-electron chi connectivity index (χ0n) is 10.9. The Bertz CT molecular complexity index is 420. The van der Waals surface area contributed by atoms with E-state index in [2.05, 4.69) is 18.8 Å². The van der Waals surface area contributed by atoms with Crippen molar-refractivity contribution in [1.82, 2.24) is 0 Å². The number of hydrogen-bond acceptors (Lipinski definition) is 2. The van der Waals surface area contributed by atoms with E-state index >= 15 is 0 Å². The molecule has 0 atom stereocenters. The summed E-state index contributed by atoms with van der Waals surface area (Å²) in [6, 6.07) is 3.02. The number of carbonyl (C=O) groups is 1. The summed E-state index contributed by atoms with van der Waals surface area (Å²) in [5, 5.41) is 8.67. The molecule has 1 aromatic rings.